The van der Waals surface area contributed by atoms with Crippen LogP contribution in [0.25, 0.3) is 5.76 Å². The maximum absolute atomic E-state index is 13.4. The molecule has 0 saturated carbocycles. The van der Waals surface area contributed by atoms with E-state index in [2.05, 4.69) is 15.9 Å². The van der Waals surface area contributed by atoms with Crippen LogP contribution in [0.15, 0.2) is 82.8 Å². The number of halogens is 4. The topological polar surface area (TPSA) is 66.8 Å². The third-order valence-corrected chi connectivity index (χ3v) is 5.98. The minimum absolute atomic E-state index is 0.136. The molecule has 0 radical (unpaired) electrons. The van der Waals surface area contributed by atoms with Crippen molar-refractivity contribution >= 4 is 39.1 Å². The van der Waals surface area contributed by atoms with Crippen molar-refractivity contribution < 1.29 is 32.6 Å². The van der Waals surface area contributed by atoms with Gasteiger partial charge >= 0.3 is 6.18 Å². The number of carbonyl (C=O) groups is 2. The molecule has 1 heterocycles. The van der Waals surface area contributed by atoms with E-state index >= 15 is 0 Å². The second-order valence-corrected chi connectivity index (χ2v) is 8.38. The zero-order chi connectivity index (χ0) is 24.6. The van der Waals surface area contributed by atoms with Crippen LogP contribution in [0.4, 0.5) is 18.9 Å². The summed E-state index contributed by atoms with van der Waals surface area (Å²) in [4.78, 5) is 27.3. The number of rotatable bonds is 4. The number of benzene rings is 3. The Morgan fingerprint density at radius 1 is 1.00 bits per heavy atom. The molecule has 0 bridgehead atoms. The number of Topliss-reactive ketones (excluding diaryl/α,β-unsaturated/α-hetero) is 1. The van der Waals surface area contributed by atoms with Crippen LogP contribution in [0.2, 0.25) is 0 Å². The predicted molar refractivity (Wildman–Crippen MR) is 123 cm³/mol. The average molecular weight is 532 g/mol. The minimum atomic E-state index is -4.65. The van der Waals surface area contributed by atoms with Crippen LogP contribution in [0.5, 0.6) is 5.75 Å². The van der Waals surface area contributed by atoms with Gasteiger partial charge in [-0.05, 0) is 36.4 Å². The highest BCUT2D eigenvalue weighted by Crippen LogP contribution is 2.45. The molecule has 1 aliphatic heterocycles. The molecule has 0 aliphatic carbocycles. The van der Waals surface area contributed by atoms with Gasteiger partial charge in [0, 0.05) is 21.3 Å². The standard InChI is InChI=1S/C25H17BrF3NO4/c1-34-19-8-3-2-7-18(19)21-20(22(31)14-9-11-16(26)12-10-14)23(32)24(33)30(21)17-6-4-5-15(13-17)25(27,28)29/h2-13,21,31H,1H3/t21-/m1/s1. The lowest BCUT2D eigenvalue weighted by atomic mass is 9.94. The number of aliphatic hydroxyl groups excluding tert-OH is 1. The molecule has 0 spiro atoms. The van der Waals surface area contributed by atoms with Crippen molar-refractivity contribution in [2.24, 2.45) is 0 Å². The van der Waals surface area contributed by atoms with Crippen molar-refractivity contribution in [3.63, 3.8) is 0 Å². The number of ketones is 1. The second-order valence-electron chi connectivity index (χ2n) is 7.47. The minimum Gasteiger partial charge on any atom is -0.507 e. The summed E-state index contributed by atoms with van der Waals surface area (Å²) in [6.07, 6.45) is -4.65. The fourth-order valence-corrected chi connectivity index (χ4v) is 4.15. The number of hydrogen-bond donors (Lipinski definition) is 1. The van der Waals surface area contributed by atoms with E-state index < -0.39 is 35.2 Å². The van der Waals surface area contributed by atoms with E-state index in [1.165, 1.54) is 13.2 Å². The number of methoxy groups -OCH3 is 1. The second kappa shape index (κ2) is 8.98. The first-order chi connectivity index (χ1) is 16.1. The molecule has 34 heavy (non-hydrogen) atoms. The molecule has 3 aromatic carbocycles. The fraction of sp³-hybridized carbons (Fsp3) is 0.120. The number of hydrogen-bond acceptors (Lipinski definition) is 4. The summed E-state index contributed by atoms with van der Waals surface area (Å²) in [7, 11) is 1.39. The van der Waals surface area contributed by atoms with Gasteiger partial charge in [-0.25, -0.2) is 0 Å². The zero-order valence-electron chi connectivity index (χ0n) is 17.6. The molecule has 174 valence electrons. The zero-order valence-corrected chi connectivity index (χ0v) is 19.2. The number of ether oxygens (including phenoxy) is 1. The highest BCUT2D eigenvalue weighted by Gasteiger charge is 2.48. The van der Waals surface area contributed by atoms with Gasteiger partial charge in [-0.15, -0.1) is 0 Å². The number of anilines is 1. The van der Waals surface area contributed by atoms with Gasteiger partial charge in [-0.2, -0.15) is 13.2 Å². The van der Waals surface area contributed by atoms with Crippen molar-refractivity contribution in [1.82, 2.24) is 0 Å². The van der Waals surface area contributed by atoms with Crippen LogP contribution in [-0.4, -0.2) is 23.9 Å². The summed E-state index contributed by atoms with van der Waals surface area (Å²) in [6, 6.07) is 15.8. The molecule has 1 fully saturated rings. The molecule has 0 aromatic heterocycles. The molecule has 1 N–H and O–H groups in total. The van der Waals surface area contributed by atoms with Crippen LogP contribution in [0.3, 0.4) is 0 Å². The monoisotopic (exact) mass is 531 g/mol. The molecule has 0 unspecified atom stereocenters. The largest absolute Gasteiger partial charge is 0.507 e. The summed E-state index contributed by atoms with van der Waals surface area (Å²) in [5, 5.41) is 11.1. The van der Waals surface area contributed by atoms with Gasteiger partial charge < -0.3 is 9.84 Å². The first-order valence-electron chi connectivity index (χ1n) is 10.0. The molecule has 1 aliphatic rings. The fourth-order valence-electron chi connectivity index (χ4n) is 3.88. The van der Waals surface area contributed by atoms with Crippen LogP contribution in [0, 0.1) is 0 Å². The Morgan fingerprint density at radius 3 is 2.32 bits per heavy atom. The third kappa shape index (κ3) is 4.19. The summed E-state index contributed by atoms with van der Waals surface area (Å²) in [5.74, 6) is -2.23. The maximum Gasteiger partial charge on any atom is 0.416 e. The lowest BCUT2D eigenvalue weighted by Gasteiger charge is -2.27. The van der Waals surface area contributed by atoms with Gasteiger partial charge in [0.05, 0.1) is 24.3 Å². The number of nitrogens with zero attached hydrogens (tertiary/aromatic N) is 1. The normalized spacial score (nSPS) is 17.8. The van der Waals surface area contributed by atoms with Gasteiger partial charge in [-0.3, -0.25) is 14.5 Å². The molecule has 9 heteroatoms. The SMILES string of the molecule is COc1ccccc1[C@@H]1C(=C(O)c2ccc(Br)cc2)C(=O)C(=O)N1c1cccc(C(F)(F)F)c1. The Labute approximate surface area is 201 Å². The molecule has 3 aromatic rings. The van der Waals surface area contributed by atoms with Gasteiger partial charge in [-0.1, -0.05) is 52.3 Å². The lowest BCUT2D eigenvalue weighted by Crippen LogP contribution is -2.30. The van der Waals surface area contributed by atoms with Gasteiger partial charge in [0.25, 0.3) is 11.7 Å². The Hall–Kier alpha value is -3.59. The number of amides is 1. The van der Waals surface area contributed by atoms with E-state index in [-0.39, 0.29) is 16.8 Å². The van der Waals surface area contributed by atoms with Crippen molar-refractivity contribution in [2.75, 3.05) is 12.0 Å². The third-order valence-electron chi connectivity index (χ3n) is 5.45. The number of para-hydroxylation sites is 1. The molecular formula is C25H17BrF3NO4. The molecule has 1 amide bonds. The van der Waals surface area contributed by atoms with Crippen LogP contribution in [0.1, 0.15) is 22.7 Å². The molecular weight excluding hydrogens is 515 g/mol. The first kappa shape index (κ1) is 23.6. The Bertz CT molecular complexity index is 1300. The van der Waals surface area contributed by atoms with E-state index in [9.17, 15) is 27.9 Å². The molecule has 1 saturated heterocycles. The quantitative estimate of drug-likeness (QED) is 0.251. The van der Waals surface area contributed by atoms with Crippen molar-refractivity contribution in [3.8, 4) is 5.75 Å². The summed E-state index contributed by atoms with van der Waals surface area (Å²) in [6.45, 7) is 0. The van der Waals surface area contributed by atoms with E-state index in [4.69, 9.17) is 4.74 Å². The van der Waals surface area contributed by atoms with Crippen LogP contribution >= 0.6 is 15.9 Å². The van der Waals surface area contributed by atoms with Crippen molar-refractivity contribution in [3.05, 3.63) is 99.5 Å². The van der Waals surface area contributed by atoms with Gasteiger partial charge in [0.15, 0.2) is 0 Å². The molecule has 5 nitrogen and oxygen atoms in total. The number of aliphatic hydroxyl groups is 1. The van der Waals surface area contributed by atoms with E-state index in [1.54, 1.807) is 48.5 Å². The first-order valence-corrected chi connectivity index (χ1v) is 10.8. The number of alkyl halides is 3. The smallest absolute Gasteiger partial charge is 0.416 e. The van der Waals surface area contributed by atoms with Gasteiger partial charge in [0.1, 0.15) is 11.5 Å². The lowest BCUT2D eigenvalue weighted by molar-refractivity contribution is -0.137. The summed E-state index contributed by atoms with van der Waals surface area (Å²) in [5.41, 5.74) is -0.763. The van der Waals surface area contributed by atoms with E-state index in [0.717, 1.165) is 27.6 Å². The average Bonchev–Trinajstić information content (AvgIpc) is 3.09. The Kier molecular flexibility index (Phi) is 6.22. The molecule has 4 rings (SSSR count). The van der Waals surface area contributed by atoms with Crippen molar-refractivity contribution in [2.45, 2.75) is 12.2 Å². The highest BCUT2D eigenvalue weighted by molar-refractivity contribution is 9.10. The van der Waals surface area contributed by atoms with Crippen LogP contribution < -0.4 is 9.64 Å². The van der Waals surface area contributed by atoms with Crippen LogP contribution in [-0.2, 0) is 15.8 Å². The van der Waals surface area contributed by atoms with E-state index in [0.29, 0.717) is 11.3 Å². The van der Waals surface area contributed by atoms with E-state index in [1.807, 2.05) is 0 Å². The predicted octanol–water partition coefficient (Wildman–Crippen LogP) is 6.10. The Balaban J connectivity index is 1.98. The highest BCUT2D eigenvalue weighted by atomic mass is 79.9. The Morgan fingerprint density at radius 2 is 1.68 bits per heavy atom. The maximum atomic E-state index is 13.4. The van der Waals surface area contributed by atoms with Crippen molar-refractivity contribution in [1.29, 1.82) is 0 Å². The summed E-state index contributed by atoms with van der Waals surface area (Å²) >= 11 is 3.29. The molecule has 1 atom stereocenters. The number of carbonyl (C=O) groups excluding carboxylic acids is 2. The van der Waals surface area contributed by atoms with Gasteiger partial charge in [0.2, 0.25) is 0 Å². The summed E-state index contributed by atoms with van der Waals surface area (Å²) < 4.78 is 46.3.